The van der Waals surface area contributed by atoms with E-state index in [0.717, 1.165) is 16.4 Å². The van der Waals surface area contributed by atoms with E-state index in [4.69, 9.17) is 4.98 Å². The van der Waals surface area contributed by atoms with Gasteiger partial charge in [-0.2, -0.15) is 0 Å². The molecule has 0 unspecified atom stereocenters. The van der Waals surface area contributed by atoms with Crippen LogP contribution in [0.4, 0.5) is 0 Å². The molecule has 0 radical (unpaired) electrons. The van der Waals surface area contributed by atoms with Gasteiger partial charge in [0.05, 0.1) is 11.2 Å². The maximum absolute atomic E-state index is 4.83. The summed E-state index contributed by atoms with van der Waals surface area (Å²) < 4.78 is 1.16. The summed E-state index contributed by atoms with van der Waals surface area (Å²) in [5.41, 5.74) is 2.33. The summed E-state index contributed by atoms with van der Waals surface area (Å²) >= 11 is 3.70. The average molecular weight is 432 g/mol. The highest BCUT2D eigenvalue weighted by molar-refractivity contribution is 9.10. The Bertz CT molecular complexity index is 637. The van der Waals surface area contributed by atoms with E-state index in [1.165, 1.54) is 101 Å². The second-order valence-electron chi connectivity index (χ2n) is 7.96. The van der Waals surface area contributed by atoms with Gasteiger partial charge in [0.25, 0.3) is 0 Å². The highest BCUT2D eigenvalue weighted by Gasteiger charge is 2.04. The molecule has 0 N–H and O–H groups in total. The third-order valence-corrected chi connectivity index (χ3v) is 6.20. The molecule has 1 aromatic carbocycles. The van der Waals surface area contributed by atoms with E-state index in [2.05, 4.69) is 53.2 Å². The van der Waals surface area contributed by atoms with Crippen LogP contribution >= 0.6 is 15.9 Å². The van der Waals surface area contributed by atoms with E-state index in [0.29, 0.717) is 0 Å². The van der Waals surface area contributed by atoms with Crippen LogP contribution in [0.3, 0.4) is 0 Å². The van der Waals surface area contributed by atoms with E-state index in [1.54, 1.807) is 0 Å². The van der Waals surface area contributed by atoms with Crippen LogP contribution in [0.25, 0.3) is 10.9 Å². The van der Waals surface area contributed by atoms with Gasteiger partial charge < -0.3 is 0 Å². The van der Waals surface area contributed by atoms with Crippen molar-refractivity contribution in [1.29, 1.82) is 0 Å². The van der Waals surface area contributed by atoms with Crippen molar-refractivity contribution in [1.82, 2.24) is 4.98 Å². The van der Waals surface area contributed by atoms with E-state index >= 15 is 0 Å². The van der Waals surface area contributed by atoms with Gasteiger partial charge in [0.2, 0.25) is 0 Å². The number of fused-ring (bicyclic) bond motifs is 1. The molecular formula is C25H38BrN. The zero-order chi connectivity index (χ0) is 19.2. The van der Waals surface area contributed by atoms with Gasteiger partial charge >= 0.3 is 0 Å². The molecule has 0 aliphatic heterocycles. The lowest BCUT2D eigenvalue weighted by Gasteiger charge is -2.06. The number of aromatic nitrogens is 1. The number of hydrogen-bond acceptors (Lipinski definition) is 1. The fraction of sp³-hybridized carbons (Fsp3) is 0.640. The Hall–Kier alpha value is -0.890. The van der Waals surface area contributed by atoms with Crippen LogP contribution in [0.1, 0.15) is 103 Å². The first kappa shape index (κ1) is 22.4. The molecule has 0 spiro atoms. The molecule has 0 amide bonds. The van der Waals surface area contributed by atoms with Crippen LogP contribution in [0, 0.1) is 0 Å². The number of nitrogens with zero attached hydrogens (tertiary/aromatic N) is 1. The van der Waals surface area contributed by atoms with Crippen molar-refractivity contribution >= 4 is 26.8 Å². The van der Waals surface area contributed by atoms with Crippen LogP contribution in [0.15, 0.2) is 34.8 Å². The standard InChI is InChI=1S/C25H38BrN/c1-2-3-4-5-6-7-8-9-10-11-12-13-14-15-20-25-23(26)21-22-18-16-17-19-24(22)27-25/h16-19,21H,2-15,20H2,1H3. The second-order valence-corrected chi connectivity index (χ2v) is 8.81. The maximum Gasteiger partial charge on any atom is 0.0706 e. The summed E-state index contributed by atoms with van der Waals surface area (Å²) in [6, 6.07) is 10.6. The maximum atomic E-state index is 4.83. The first-order valence-electron chi connectivity index (χ1n) is 11.4. The Morgan fingerprint density at radius 1 is 0.704 bits per heavy atom. The van der Waals surface area contributed by atoms with E-state index in [9.17, 15) is 0 Å². The Balaban J connectivity index is 1.45. The zero-order valence-electron chi connectivity index (χ0n) is 17.3. The van der Waals surface area contributed by atoms with Crippen molar-refractivity contribution in [2.75, 3.05) is 0 Å². The molecule has 2 aromatic rings. The minimum absolute atomic E-state index is 1.09. The second kappa shape index (κ2) is 14.2. The van der Waals surface area contributed by atoms with Gasteiger partial charge in [-0.1, -0.05) is 109 Å². The van der Waals surface area contributed by atoms with Crippen molar-refractivity contribution in [3.8, 4) is 0 Å². The van der Waals surface area contributed by atoms with Gasteiger partial charge in [-0.05, 0) is 40.9 Å². The van der Waals surface area contributed by atoms with Gasteiger partial charge in [-0.25, -0.2) is 0 Å². The molecule has 0 fully saturated rings. The highest BCUT2D eigenvalue weighted by Crippen LogP contribution is 2.23. The fourth-order valence-electron chi connectivity index (χ4n) is 3.79. The summed E-state index contributed by atoms with van der Waals surface area (Å²) in [6.45, 7) is 2.29. The number of benzene rings is 1. The molecule has 0 saturated heterocycles. The Morgan fingerprint density at radius 2 is 1.22 bits per heavy atom. The van der Waals surface area contributed by atoms with Crippen molar-refractivity contribution < 1.29 is 0 Å². The SMILES string of the molecule is CCCCCCCCCCCCCCCCc1nc2ccccc2cc1Br. The molecule has 0 aliphatic rings. The van der Waals surface area contributed by atoms with Crippen LogP contribution < -0.4 is 0 Å². The molecule has 2 rings (SSSR count). The molecule has 27 heavy (non-hydrogen) atoms. The largest absolute Gasteiger partial charge is 0.252 e. The molecule has 1 nitrogen and oxygen atoms in total. The van der Waals surface area contributed by atoms with Crippen molar-refractivity contribution in [3.63, 3.8) is 0 Å². The number of hydrogen-bond donors (Lipinski definition) is 0. The lowest BCUT2D eigenvalue weighted by Crippen LogP contribution is -1.93. The third-order valence-electron chi connectivity index (χ3n) is 5.52. The quantitative estimate of drug-likeness (QED) is 0.256. The smallest absolute Gasteiger partial charge is 0.0706 e. The van der Waals surface area contributed by atoms with Crippen LogP contribution in [-0.2, 0) is 6.42 Å². The van der Waals surface area contributed by atoms with Crippen molar-refractivity contribution in [2.24, 2.45) is 0 Å². The van der Waals surface area contributed by atoms with E-state index in [1.807, 2.05) is 0 Å². The molecule has 0 atom stereocenters. The molecule has 0 saturated carbocycles. The Kier molecular flexibility index (Phi) is 11.7. The number of halogens is 1. The molecule has 0 aliphatic carbocycles. The number of para-hydroxylation sites is 1. The van der Waals surface area contributed by atoms with Gasteiger partial charge in [0.1, 0.15) is 0 Å². The molecule has 1 aromatic heterocycles. The highest BCUT2D eigenvalue weighted by atomic mass is 79.9. The van der Waals surface area contributed by atoms with E-state index < -0.39 is 0 Å². The van der Waals surface area contributed by atoms with Gasteiger partial charge in [0.15, 0.2) is 0 Å². The van der Waals surface area contributed by atoms with Crippen LogP contribution in [0.5, 0.6) is 0 Å². The lowest BCUT2D eigenvalue weighted by molar-refractivity contribution is 0.535. The topological polar surface area (TPSA) is 12.9 Å². The number of rotatable bonds is 15. The number of unbranched alkanes of at least 4 members (excludes halogenated alkanes) is 13. The predicted molar refractivity (Wildman–Crippen MR) is 123 cm³/mol. The summed E-state index contributed by atoms with van der Waals surface area (Å²) in [6.07, 6.45) is 20.8. The average Bonchev–Trinajstić information content (AvgIpc) is 2.68. The molecule has 1 heterocycles. The monoisotopic (exact) mass is 431 g/mol. The Morgan fingerprint density at radius 3 is 1.81 bits per heavy atom. The number of aryl methyl sites for hydroxylation is 1. The van der Waals surface area contributed by atoms with Gasteiger partial charge in [-0.15, -0.1) is 0 Å². The lowest BCUT2D eigenvalue weighted by atomic mass is 10.0. The van der Waals surface area contributed by atoms with Crippen molar-refractivity contribution in [2.45, 2.75) is 103 Å². The fourth-order valence-corrected chi connectivity index (χ4v) is 4.33. The molecule has 150 valence electrons. The summed E-state index contributed by atoms with van der Waals surface area (Å²) in [7, 11) is 0. The first-order chi connectivity index (χ1) is 13.3. The molecular weight excluding hydrogens is 394 g/mol. The summed E-state index contributed by atoms with van der Waals surface area (Å²) in [5.74, 6) is 0. The van der Waals surface area contributed by atoms with Crippen LogP contribution in [-0.4, -0.2) is 4.98 Å². The minimum Gasteiger partial charge on any atom is -0.252 e. The van der Waals surface area contributed by atoms with Crippen LogP contribution in [0.2, 0.25) is 0 Å². The number of pyridine rings is 1. The first-order valence-corrected chi connectivity index (χ1v) is 12.1. The van der Waals surface area contributed by atoms with E-state index in [-0.39, 0.29) is 0 Å². The summed E-state index contributed by atoms with van der Waals surface area (Å²) in [4.78, 5) is 4.83. The summed E-state index contributed by atoms with van der Waals surface area (Å²) in [5, 5.41) is 1.22. The van der Waals surface area contributed by atoms with Gasteiger partial charge in [-0.3, -0.25) is 4.98 Å². The Labute approximate surface area is 175 Å². The van der Waals surface area contributed by atoms with Crippen molar-refractivity contribution in [3.05, 3.63) is 40.5 Å². The van der Waals surface area contributed by atoms with Gasteiger partial charge in [0, 0.05) is 9.86 Å². The normalized spacial score (nSPS) is 11.3. The zero-order valence-corrected chi connectivity index (χ0v) is 18.9. The predicted octanol–water partition coefficient (Wildman–Crippen LogP) is 9.02. The molecule has 2 heteroatoms. The minimum atomic E-state index is 1.09. The molecule has 0 bridgehead atoms. The third kappa shape index (κ3) is 9.23.